The number of amides is 1. The Hall–Kier alpha value is -2.57. The van der Waals surface area contributed by atoms with Crippen molar-refractivity contribution in [2.24, 2.45) is 0 Å². The van der Waals surface area contributed by atoms with Crippen molar-refractivity contribution in [2.45, 2.75) is 25.0 Å². The Kier molecular flexibility index (Phi) is 6.25. The van der Waals surface area contributed by atoms with Crippen LogP contribution in [0.3, 0.4) is 0 Å². The number of methoxy groups -OCH3 is 1. The smallest absolute Gasteiger partial charge is 0.256 e. The van der Waals surface area contributed by atoms with Crippen molar-refractivity contribution < 1.29 is 14.6 Å². The van der Waals surface area contributed by atoms with Gasteiger partial charge in [0.15, 0.2) is 5.60 Å². The third kappa shape index (κ3) is 4.60. The molecule has 0 aliphatic carbocycles. The van der Waals surface area contributed by atoms with Gasteiger partial charge in [0.2, 0.25) is 0 Å². The molecule has 1 N–H and O–H groups in total. The number of para-hydroxylation sites is 1. The fourth-order valence-corrected chi connectivity index (χ4v) is 4.53. The summed E-state index contributed by atoms with van der Waals surface area (Å²) in [7, 11) is 1.64. The molecular weight excluding hydrogens is 378 g/mol. The molecule has 0 saturated carbocycles. The number of hydrogen-bond acceptors (Lipinski definition) is 5. The van der Waals surface area contributed by atoms with Crippen LogP contribution in [-0.2, 0) is 11.3 Å². The highest BCUT2D eigenvalue weighted by molar-refractivity contribution is 5.86. The minimum atomic E-state index is -1.30. The van der Waals surface area contributed by atoms with E-state index in [1.807, 2.05) is 30.3 Å². The van der Waals surface area contributed by atoms with Crippen LogP contribution in [0.2, 0.25) is 0 Å². The van der Waals surface area contributed by atoms with Gasteiger partial charge in [-0.15, -0.1) is 0 Å². The molecule has 2 heterocycles. The number of piperazine rings is 1. The van der Waals surface area contributed by atoms with Gasteiger partial charge in [-0.25, -0.2) is 0 Å². The molecule has 1 atom stereocenters. The van der Waals surface area contributed by atoms with Crippen molar-refractivity contribution in [3.8, 4) is 5.75 Å². The molecule has 2 fully saturated rings. The van der Waals surface area contributed by atoms with E-state index >= 15 is 0 Å². The highest BCUT2D eigenvalue weighted by Crippen LogP contribution is 2.27. The predicted molar refractivity (Wildman–Crippen MR) is 118 cm³/mol. The molecule has 2 aromatic rings. The maximum Gasteiger partial charge on any atom is 0.256 e. The second-order valence-corrected chi connectivity index (χ2v) is 8.31. The topological polar surface area (TPSA) is 56.3 Å². The van der Waals surface area contributed by atoms with Gasteiger partial charge in [0.05, 0.1) is 7.11 Å². The van der Waals surface area contributed by atoms with Gasteiger partial charge in [-0.2, -0.15) is 0 Å². The van der Waals surface area contributed by atoms with Gasteiger partial charge in [0.1, 0.15) is 5.75 Å². The summed E-state index contributed by atoms with van der Waals surface area (Å²) < 4.78 is 5.29. The Bertz CT molecular complexity index is 852. The molecule has 30 heavy (non-hydrogen) atoms. The second kappa shape index (κ2) is 9.06. The van der Waals surface area contributed by atoms with Gasteiger partial charge >= 0.3 is 0 Å². The number of β-amino-alcohol motifs (C(OH)–C–C–N with tert-alkyl or cyclic N) is 1. The van der Waals surface area contributed by atoms with Gasteiger partial charge in [0.25, 0.3) is 5.91 Å². The summed E-state index contributed by atoms with van der Waals surface area (Å²) >= 11 is 0. The van der Waals surface area contributed by atoms with E-state index in [9.17, 15) is 9.90 Å². The molecule has 0 bridgehead atoms. The number of nitrogens with zero attached hydrogens (tertiary/aromatic N) is 3. The van der Waals surface area contributed by atoms with Crippen molar-refractivity contribution in [1.29, 1.82) is 0 Å². The van der Waals surface area contributed by atoms with Crippen LogP contribution in [0.25, 0.3) is 0 Å². The first-order valence-corrected chi connectivity index (χ1v) is 10.7. The summed E-state index contributed by atoms with van der Waals surface area (Å²) in [5.74, 6) is 0.630. The molecule has 2 aliphatic heterocycles. The molecule has 0 unspecified atom stereocenters. The van der Waals surface area contributed by atoms with E-state index in [1.165, 1.54) is 5.69 Å². The minimum Gasteiger partial charge on any atom is -0.497 e. The fraction of sp³-hybridized carbons (Fsp3) is 0.458. The van der Waals surface area contributed by atoms with Crippen LogP contribution < -0.4 is 9.64 Å². The van der Waals surface area contributed by atoms with E-state index in [4.69, 9.17) is 4.74 Å². The maximum absolute atomic E-state index is 13.2. The highest BCUT2D eigenvalue weighted by Gasteiger charge is 2.43. The number of likely N-dealkylation sites (tertiary alicyclic amines) is 1. The zero-order chi connectivity index (χ0) is 21.0. The Morgan fingerprint density at radius 1 is 1.00 bits per heavy atom. The minimum absolute atomic E-state index is 0.151. The van der Waals surface area contributed by atoms with Gasteiger partial charge in [-0.3, -0.25) is 9.69 Å². The zero-order valence-corrected chi connectivity index (χ0v) is 17.7. The summed E-state index contributed by atoms with van der Waals surface area (Å²) in [5, 5.41) is 11.3. The second-order valence-electron chi connectivity index (χ2n) is 8.31. The summed E-state index contributed by atoms with van der Waals surface area (Å²) in [6, 6.07) is 18.2. The van der Waals surface area contributed by atoms with E-state index in [2.05, 4.69) is 34.1 Å². The maximum atomic E-state index is 13.2. The van der Waals surface area contributed by atoms with Crippen molar-refractivity contribution in [1.82, 2.24) is 9.80 Å². The number of piperidine rings is 1. The van der Waals surface area contributed by atoms with E-state index in [-0.39, 0.29) is 5.91 Å². The Morgan fingerprint density at radius 3 is 2.50 bits per heavy atom. The first kappa shape index (κ1) is 20.7. The number of benzene rings is 2. The van der Waals surface area contributed by atoms with Gasteiger partial charge in [-0.1, -0.05) is 30.3 Å². The molecule has 6 heteroatoms. The monoisotopic (exact) mass is 409 g/mol. The van der Waals surface area contributed by atoms with Gasteiger partial charge in [0, 0.05) is 51.5 Å². The standard InChI is InChI=1S/C24H31N3O3/c1-30-22-10-5-7-20(17-22)18-27-12-6-11-24(29,23(27)28)19-25-13-15-26(16-14-25)21-8-3-2-4-9-21/h2-5,7-10,17,29H,6,11-16,18-19H2,1H3/t24-/m1/s1. The van der Waals surface area contributed by atoms with Crippen molar-refractivity contribution in [3.63, 3.8) is 0 Å². The summed E-state index contributed by atoms with van der Waals surface area (Å²) in [6.07, 6.45) is 1.34. The average Bonchev–Trinajstić information content (AvgIpc) is 2.78. The molecule has 2 aromatic carbocycles. The van der Waals surface area contributed by atoms with Crippen LogP contribution in [-0.4, -0.2) is 72.8 Å². The number of hydrogen-bond donors (Lipinski definition) is 1. The molecule has 0 radical (unpaired) electrons. The SMILES string of the molecule is COc1cccc(CN2CCC[C@@](O)(CN3CCN(c4ccccc4)CC3)C2=O)c1. The number of carbonyl (C=O) groups is 1. The molecule has 1 amide bonds. The molecule has 2 aliphatic rings. The average molecular weight is 410 g/mol. The molecule has 6 nitrogen and oxygen atoms in total. The first-order valence-electron chi connectivity index (χ1n) is 10.7. The lowest BCUT2D eigenvalue weighted by atomic mass is 9.90. The lowest BCUT2D eigenvalue weighted by molar-refractivity contribution is -0.160. The molecule has 0 aromatic heterocycles. The van der Waals surface area contributed by atoms with E-state index < -0.39 is 5.60 Å². The third-order valence-corrected chi connectivity index (χ3v) is 6.19. The predicted octanol–water partition coefficient (Wildman–Crippen LogP) is 2.37. The quantitative estimate of drug-likeness (QED) is 0.794. The normalized spacial score (nSPS) is 22.9. The largest absolute Gasteiger partial charge is 0.497 e. The van der Waals surface area contributed by atoms with Crippen LogP contribution in [0.5, 0.6) is 5.75 Å². The lowest BCUT2D eigenvalue weighted by Crippen LogP contribution is -2.60. The summed E-state index contributed by atoms with van der Waals surface area (Å²) in [6.45, 7) is 5.09. The molecule has 160 valence electrons. The van der Waals surface area contributed by atoms with Crippen LogP contribution in [0.4, 0.5) is 5.69 Å². The van der Waals surface area contributed by atoms with Crippen molar-refractivity contribution >= 4 is 11.6 Å². The van der Waals surface area contributed by atoms with Crippen LogP contribution in [0, 0.1) is 0 Å². The molecule has 2 saturated heterocycles. The van der Waals surface area contributed by atoms with E-state index in [0.29, 0.717) is 26.1 Å². The van der Waals surface area contributed by atoms with Gasteiger partial charge < -0.3 is 19.6 Å². The van der Waals surface area contributed by atoms with E-state index in [0.717, 1.165) is 43.9 Å². The Balaban J connectivity index is 1.36. The Morgan fingerprint density at radius 2 is 1.77 bits per heavy atom. The van der Waals surface area contributed by atoms with Crippen molar-refractivity contribution in [2.75, 3.05) is 51.3 Å². The molecular formula is C24H31N3O3. The lowest BCUT2D eigenvalue weighted by Gasteiger charge is -2.43. The molecule has 0 spiro atoms. The zero-order valence-electron chi connectivity index (χ0n) is 17.7. The number of carbonyl (C=O) groups excluding carboxylic acids is 1. The highest BCUT2D eigenvalue weighted by atomic mass is 16.5. The number of rotatable bonds is 6. The molecule has 4 rings (SSSR count). The van der Waals surface area contributed by atoms with Crippen LogP contribution in [0.15, 0.2) is 54.6 Å². The first-order chi connectivity index (χ1) is 14.6. The Labute approximate surface area is 178 Å². The fourth-order valence-electron chi connectivity index (χ4n) is 4.53. The summed E-state index contributed by atoms with van der Waals surface area (Å²) in [4.78, 5) is 19.6. The van der Waals surface area contributed by atoms with Gasteiger partial charge in [-0.05, 0) is 42.7 Å². The number of anilines is 1. The third-order valence-electron chi connectivity index (χ3n) is 6.19. The number of aliphatic hydroxyl groups is 1. The summed E-state index contributed by atoms with van der Waals surface area (Å²) in [5.41, 5.74) is 0.948. The van der Waals surface area contributed by atoms with Crippen molar-refractivity contribution in [3.05, 3.63) is 60.2 Å². The van der Waals surface area contributed by atoms with E-state index in [1.54, 1.807) is 12.0 Å². The van der Waals surface area contributed by atoms with Crippen LogP contribution >= 0.6 is 0 Å². The van der Waals surface area contributed by atoms with Crippen LogP contribution in [0.1, 0.15) is 18.4 Å². The number of ether oxygens (including phenoxy) is 1.